The van der Waals surface area contributed by atoms with Gasteiger partial charge in [-0.2, -0.15) is 13.2 Å². The molecule has 1 aliphatic rings. The van der Waals surface area contributed by atoms with Crippen molar-refractivity contribution in [3.05, 3.63) is 47.8 Å². The molecule has 3 rings (SSSR count). The van der Waals surface area contributed by atoms with E-state index in [1.807, 2.05) is 0 Å². The van der Waals surface area contributed by atoms with Gasteiger partial charge < -0.3 is 14.6 Å². The number of rotatable bonds is 4. The SMILES string of the molecule is Cc1nc(N2CCC(NC(=O)C=Cc3ccco3)CC2)cc(C(F)(F)F)n1. The number of aryl methyl sites for hydroxylation is 1. The summed E-state index contributed by atoms with van der Waals surface area (Å²) in [6.07, 6.45) is 1.22. The molecular formula is C18H19F3N4O2. The number of amides is 1. The molecule has 0 aliphatic carbocycles. The standard InChI is InChI=1S/C18H19F3N4O2/c1-12-22-15(18(19,20)21)11-16(23-12)25-8-6-13(7-9-25)24-17(26)5-4-14-3-2-10-27-14/h2-5,10-11,13H,6-9H2,1H3,(H,24,26). The number of alkyl halides is 3. The molecule has 0 bridgehead atoms. The van der Waals surface area contributed by atoms with Crippen LogP contribution in [0.25, 0.3) is 6.08 Å². The minimum Gasteiger partial charge on any atom is -0.465 e. The summed E-state index contributed by atoms with van der Waals surface area (Å²) in [5.41, 5.74) is -0.941. The van der Waals surface area contributed by atoms with Gasteiger partial charge in [-0.3, -0.25) is 4.79 Å². The van der Waals surface area contributed by atoms with E-state index in [1.54, 1.807) is 23.1 Å². The Bertz CT molecular complexity index is 811. The van der Waals surface area contributed by atoms with E-state index in [2.05, 4.69) is 15.3 Å². The Morgan fingerprint density at radius 2 is 2.07 bits per heavy atom. The van der Waals surface area contributed by atoms with Gasteiger partial charge in [-0.05, 0) is 38.0 Å². The number of hydrogen-bond donors (Lipinski definition) is 1. The topological polar surface area (TPSA) is 71.3 Å². The molecule has 9 heteroatoms. The van der Waals surface area contributed by atoms with Crippen LogP contribution in [0.3, 0.4) is 0 Å². The number of carbonyl (C=O) groups is 1. The lowest BCUT2D eigenvalue weighted by Gasteiger charge is -2.33. The third-order valence-corrected chi connectivity index (χ3v) is 4.22. The molecule has 6 nitrogen and oxygen atoms in total. The average Bonchev–Trinajstić information content (AvgIpc) is 3.13. The highest BCUT2D eigenvalue weighted by atomic mass is 19.4. The first-order valence-corrected chi connectivity index (χ1v) is 8.51. The maximum Gasteiger partial charge on any atom is 0.433 e. The van der Waals surface area contributed by atoms with Crippen molar-refractivity contribution in [2.24, 2.45) is 0 Å². The van der Waals surface area contributed by atoms with Crippen molar-refractivity contribution in [2.45, 2.75) is 32.0 Å². The lowest BCUT2D eigenvalue weighted by Crippen LogP contribution is -2.44. The van der Waals surface area contributed by atoms with Gasteiger partial charge in [0, 0.05) is 31.3 Å². The first-order valence-electron chi connectivity index (χ1n) is 8.51. The van der Waals surface area contributed by atoms with Gasteiger partial charge in [0.25, 0.3) is 0 Å². The second-order valence-corrected chi connectivity index (χ2v) is 6.28. The van der Waals surface area contributed by atoms with Crippen molar-refractivity contribution in [3.8, 4) is 0 Å². The van der Waals surface area contributed by atoms with Gasteiger partial charge in [0.15, 0.2) is 0 Å². The van der Waals surface area contributed by atoms with Crippen LogP contribution in [-0.2, 0) is 11.0 Å². The Hall–Kier alpha value is -2.84. The Kier molecular flexibility index (Phi) is 5.48. The van der Waals surface area contributed by atoms with E-state index in [9.17, 15) is 18.0 Å². The number of carbonyl (C=O) groups excluding carboxylic acids is 1. The molecule has 1 N–H and O–H groups in total. The van der Waals surface area contributed by atoms with Crippen LogP contribution in [0, 0.1) is 6.92 Å². The summed E-state index contributed by atoms with van der Waals surface area (Å²) in [5, 5.41) is 2.89. The smallest absolute Gasteiger partial charge is 0.433 e. The number of aromatic nitrogens is 2. The highest BCUT2D eigenvalue weighted by molar-refractivity contribution is 5.91. The van der Waals surface area contributed by atoms with Gasteiger partial charge in [-0.1, -0.05) is 0 Å². The number of hydrogen-bond acceptors (Lipinski definition) is 5. The van der Waals surface area contributed by atoms with Crippen molar-refractivity contribution in [3.63, 3.8) is 0 Å². The minimum atomic E-state index is -4.50. The molecule has 0 radical (unpaired) electrons. The van der Waals surface area contributed by atoms with Crippen LogP contribution < -0.4 is 10.2 Å². The molecule has 0 saturated carbocycles. The molecule has 27 heavy (non-hydrogen) atoms. The lowest BCUT2D eigenvalue weighted by molar-refractivity contribution is -0.141. The van der Waals surface area contributed by atoms with Crippen molar-refractivity contribution in [1.29, 1.82) is 0 Å². The molecule has 0 unspecified atom stereocenters. The maximum atomic E-state index is 12.9. The van der Waals surface area contributed by atoms with Crippen LogP contribution in [0.15, 0.2) is 35.0 Å². The van der Waals surface area contributed by atoms with E-state index in [1.165, 1.54) is 19.3 Å². The molecular weight excluding hydrogens is 361 g/mol. The summed E-state index contributed by atoms with van der Waals surface area (Å²) in [6.45, 7) is 2.44. The monoisotopic (exact) mass is 380 g/mol. The van der Waals surface area contributed by atoms with Gasteiger partial charge in [0.2, 0.25) is 5.91 Å². The number of anilines is 1. The molecule has 2 aromatic rings. The van der Waals surface area contributed by atoms with E-state index >= 15 is 0 Å². The third-order valence-electron chi connectivity index (χ3n) is 4.22. The van der Waals surface area contributed by atoms with Gasteiger partial charge in [0.05, 0.1) is 6.26 Å². The quantitative estimate of drug-likeness (QED) is 0.825. The van der Waals surface area contributed by atoms with Gasteiger partial charge in [-0.15, -0.1) is 0 Å². The summed E-state index contributed by atoms with van der Waals surface area (Å²) in [5.74, 6) is 0.692. The molecule has 1 saturated heterocycles. The van der Waals surface area contributed by atoms with E-state index in [4.69, 9.17) is 4.42 Å². The molecule has 1 aliphatic heterocycles. The summed E-state index contributed by atoms with van der Waals surface area (Å²) < 4.78 is 43.9. The van der Waals surface area contributed by atoms with Crippen LogP contribution in [-0.4, -0.2) is 35.0 Å². The lowest BCUT2D eigenvalue weighted by atomic mass is 10.0. The van der Waals surface area contributed by atoms with E-state index in [0.717, 1.165) is 6.07 Å². The van der Waals surface area contributed by atoms with E-state index in [-0.39, 0.29) is 23.6 Å². The summed E-state index contributed by atoms with van der Waals surface area (Å²) in [4.78, 5) is 21.3. The molecule has 1 amide bonds. The molecule has 144 valence electrons. The fraction of sp³-hybridized carbons (Fsp3) is 0.389. The molecule has 0 atom stereocenters. The Balaban J connectivity index is 1.56. The largest absolute Gasteiger partial charge is 0.465 e. The third kappa shape index (κ3) is 5.08. The molecule has 2 aromatic heterocycles. The second kappa shape index (κ2) is 7.81. The Morgan fingerprint density at radius 1 is 1.33 bits per heavy atom. The predicted octanol–water partition coefficient (Wildman–Crippen LogP) is 3.20. The molecule has 0 spiro atoms. The highest BCUT2D eigenvalue weighted by Gasteiger charge is 2.34. The van der Waals surface area contributed by atoms with Gasteiger partial charge in [-0.25, -0.2) is 9.97 Å². The van der Waals surface area contributed by atoms with Gasteiger partial charge in [0.1, 0.15) is 23.1 Å². The first kappa shape index (κ1) is 18.9. The Morgan fingerprint density at radius 3 is 2.70 bits per heavy atom. The van der Waals surface area contributed by atoms with Crippen LogP contribution in [0.5, 0.6) is 0 Å². The van der Waals surface area contributed by atoms with Crippen LogP contribution >= 0.6 is 0 Å². The number of halogens is 3. The predicted molar refractivity (Wildman–Crippen MR) is 92.9 cm³/mol. The zero-order chi connectivity index (χ0) is 19.4. The summed E-state index contributed by atoms with van der Waals surface area (Å²) >= 11 is 0. The minimum absolute atomic E-state index is 0.0416. The fourth-order valence-corrected chi connectivity index (χ4v) is 2.91. The van der Waals surface area contributed by atoms with Crippen molar-refractivity contribution < 1.29 is 22.4 Å². The molecule has 0 aromatic carbocycles. The summed E-state index contributed by atoms with van der Waals surface area (Å²) in [6, 6.07) is 4.39. The van der Waals surface area contributed by atoms with Crippen molar-refractivity contribution in [2.75, 3.05) is 18.0 Å². The molecule has 3 heterocycles. The van der Waals surface area contributed by atoms with Crippen LogP contribution in [0.4, 0.5) is 19.0 Å². The first-order chi connectivity index (χ1) is 12.8. The van der Waals surface area contributed by atoms with Gasteiger partial charge >= 0.3 is 6.18 Å². The van der Waals surface area contributed by atoms with E-state index < -0.39 is 11.9 Å². The second-order valence-electron chi connectivity index (χ2n) is 6.28. The van der Waals surface area contributed by atoms with E-state index in [0.29, 0.717) is 31.7 Å². The maximum absolute atomic E-state index is 12.9. The van der Waals surface area contributed by atoms with Crippen LogP contribution in [0.2, 0.25) is 0 Å². The fourth-order valence-electron chi connectivity index (χ4n) is 2.91. The highest BCUT2D eigenvalue weighted by Crippen LogP contribution is 2.30. The number of nitrogens with zero attached hydrogens (tertiary/aromatic N) is 3. The van der Waals surface area contributed by atoms with Crippen molar-refractivity contribution >= 4 is 17.8 Å². The Labute approximate surface area is 154 Å². The number of nitrogens with one attached hydrogen (secondary N) is 1. The zero-order valence-electron chi connectivity index (χ0n) is 14.7. The average molecular weight is 380 g/mol. The summed E-state index contributed by atoms with van der Waals surface area (Å²) in [7, 11) is 0. The molecule has 1 fully saturated rings. The number of furan rings is 1. The zero-order valence-corrected chi connectivity index (χ0v) is 14.7. The van der Waals surface area contributed by atoms with Crippen molar-refractivity contribution in [1.82, 2.24) is 15.3 Å². The normalized spacial score (nSPS) is 16.1. The number of piperidine rings is 1. The van der Waals surface area contributed by atoms with Crippen LogP contribution in [0.1, 0.15) is 30.1 Å².